The molecule has 0 unspecified atom stereocenters. The lowest BCUT2D eigenvalue weighted by atomic mass is 10.1. The Hall–Kier alpha value is -4.74. The fourth-order valence-corrected chi connectivity index (χ4v) is 3.32. The molecule has 0 bridgehead atoms. The summed E-state index contributed by atoms with van der Waals surface area (Å²) in [4.78, 5) is 29.9. The van der Waals surface area contributed by atoms with Crippen molar-refractivity contribution in [3.05, 3.63) is 69.7 Å². The van der Waals surface area contributed by atoms with Gasteiger partial charge in [-0.2, -0.15) is 19.6 Å². The van der Waals surface area contributed by atoms with Crippen LogP contribution in [0.4, 0.5) is 0 Å². The Kier molecular flexibility index (Phi) is 4.28. The van der Waals surface area contributed by atoms with Gasteiger partial charge in [0, 0.05) is 11.3 Å². The van der Waals surface area contributed by atoms with Crippen molar-refractivity contribution in [1.29, 1.82) is 0 Å². The zero-order valence-electron chi connectivity index (χ0n) is 17.0. The summed E-state index contributed by atoms with van der Waals surface area (Å²) in [5.74, 6) is 0.738. The summed E-state index contributed by atoms with van der Waals surface area (Å²) >= 11 is 0. The van der Waals surface area contributed by atoms with Crippen molar-refractivity contribution in [2.75, 3.05) is 0 Å². The smallest absolute Gasteiger partial charge is 0.327 e. The second-order valence-electron chi connectivity index (χ2n) is 7.46. The van der Waals surface area contributed by atoms with Crippen molar-refractivity contribution < 1.29 is 14.4 Å². The molecule has 3 N–H and O–H groups in total. The van der Waals surface area contributed by atoms with Crippen LogP contribution in [-0.4, -0.2) is 45.9 Å². The summed E-state index contributed by atoms with van der Waals surface area (Å²) in [6, 6.07) is 9.27. The Morgan fingerprint density at radius 3 is 2.85 bits per heavy atom. The standard InChI is InChI=1S/C21H16N8O4/c30-18-14(25-20(31)27-18)9-11-10-22-29-17(11)26-21(28-19(29)24-12-5-6-12)32-15-4-2-1-3-13(15)16-7-8-23-33-16/h1-4,7-10,12,30H,5-6H2,(H2,25,27,31)/b11-9+,24-19?. The third kappa shape index (κ3) is 3.63. The predicted octanol–water partition coefficient (Wildman–Crippen LogP) is 0.904. The van der Waals surface area contributed by atoms with Gasteiger partial charge in [0.05, 0.1) is 24.0 Å². The van der Waals surface area contributed by atoms with Crippen LogP contribution in [0.2, 0.25) is 0 Å². The molecular formula is C21H16N8O4. The Bertz CT molecular complexity index is 1640. The summed E-state index contributed by atoms with van der Waals surface area (Å²) in [7, 11) is 0. The molecule has 0 radical (unpaired) electrons. The number of fused-ring (bicyclic) bond motifs is 1. The summed E-state index contributed by atoms with van der Waals surface area (Å²) < 4.78 is 12.8. The number of benzene rings is 1. The number of nitrogens with zero attached hydrogens (tertiary/aromatic N) is 6. The van der Waals surface area contributed by atoms with Gasteiger partial charge in [-0.05, 0) is 31.1 Å². The van der Waals surface area contributed by atoms with Crippen LogP contribution in [0, 0.1) is 0 Å². The van der Waals surface area contributed by atoms with Crippen LogP contribution in [-0.2, 0) is 0 Å². The van der Waals surface area contributed by atoms with E-state index in [1.807, 2.05) is 18.2 Å². The highest BCUT2D eigenvalue weighted by Crippen LogP contribution is 2.31. The normalized spacial score (nSPS) is 14.9. The van der Waals surface area contributed by atoms with Gasteiger partial charge in [0.15, 0.2) is 11.4 Å². The number of hydrogen-bond donors (Lipinski definition) is 3. The molecule has 1 aliphatic rings. The topological polar surface area (TPSA) is 160 Å². The summed E-state index contributed by atoms with van der Waals surface area (Å²) in [5.41, 5.74) is 1.11. The second kappa shape index (κ2) is 7.44. The molecule has 5 aromatic rings. The Labute approximate surface area is 183 Å². The number of imidazole rings is 1. The number of aromatic amines is 2. The maximum atomic E-state index is 11.5. The molecule has 1 aromatic carbocycles. The van der Waals surface area contributed by atoms with Gasteiger partial charge in [0.2, 0.25) is 5.88 Å². The van der Waals surface area contributed by atoms with E-state index in [1.54, 1.807) is 30.6 Å². The first-order valence-electron chi connectivity index (χ1n) is 10.1. The molecule has 12 heteroatoms. The van der Waals surface area contributed by atoms with Crippen molar-refractivity contribution in [2.45, 2.75) is 18.9 Å². The van der Waals surface area contributed by atoms with Gasteiger partial charge < -0.3 is 19.4 Å². The average Bonchev–Trinajstić information content (AvgIpc) is 3.17. The van der Waals surface area contributed by atoms with Crippen molar-refractivity contribution in [2.24, 2.45) is 4.99 Å². The lowest BCUT2D eigenvalue weighted by Crippen LogP contribution is -2.23. The van der Waals surface area contributed by atoms with Crippen LogP contribution in [0.1, 0.15) is 18.5 Å². The highest BCUT2D eigenvalue weighted by molar-refractivity contribution is 5.65. The number of para-hydroxylation sites is 1. The molecule has 12 nitrogen and oxygen atoms in total. The minimum atomic E-state index is -0.526. The second-order valence-corrected chi connectivity index (χ2v) is 7.46. The first kappa shape index (κ1) is 19.0. The molecule has 1 saturated carbocycles. The molecule has 0 spiro atoms. The van der Waals surface area contributed by atoms with E-state index < -0.39 is 5.69 Å². The quantitative estimate of drug-likeness (QED) is 0.360. The zero-order valence-corrected chi connectivity index (χ0v) is 17.0. The molecule has 4 heterocycles. The summed E-state index contributed by atoms with van der Waals surface area (Å²) in [5, 5.41) is 18.5. The van der Waals surface area contributed by atoms with Gasteiger partial charge in [-0.3, -0.25) is 4.98 Å². The van der Waals surface area contributed by atoms with Gasteiger partial charge in [-0.15, -0.1) is 0 Å². The molecule has 33 heavy (non-hydrogen) atoms. The van der Waals surface area contributed by atoms with Crippen LogP contribution >= 0.6 is 0 Å². The van der Waals surface area contributed by atoms with E-state index in [9.17, 15) is 9.90 Å². The van der Waals surface area contributed by atoms with Crippen molar-refractivity contribution in [3.8, 4) is 29.0 Å². The van der Waals surface area contributed by atoms with Gasteiger partial charge in [0.1, 0.15) is 11.4 Å². The molecule has 4 aromatic heterocycles. The first-order chi connectivity index (χ1) is 16.1. The van der Waals surface area contributed by atoms with Crippen LogP contribution in [0.5, 0.6) is 17.6 Å². The van der Waals surface area contributed by atoms with Gasteiger partial charge >= 0.3 is 11.7 Å². The molecule has 0 amide bonds. The molecule has 0 aliphatic heterocycles. The molecular weight excluding hydrogens is 428 g/mol. The fourth-order valence-electron chi connectivity index (χ4n) is 3.32. The van der Waals surface area contributed by atoms with Crippen LogP contribution in [0.15, 0.2) is 57.0 Å². The highest BCUT2D eigenvalue weighted by Gasteiger charge is 2.21. The number of H-pyrrole nitrogens is 2. The van der Waals surface area contributed by atoms with Crippen molar-refractivity contribution >= 4 is 11.7 Å². The Balaban J connectivity index is 1.51. The van der Waals surface area contributed by atoms with Crippen molar-refractivity contribution in [1.82, 2.24) is 34.7 Å². The van der Waals surface area contributed by atoms with Crippen LogP contribution in [0.25, 0.3) is 23.0 Å². The average molecular weight is 444 g/mol. The van der Waals surface area contributed by atoms with Crippen molar-refractivity contribution in [3.63, 3.8) is 0 Å². The highest BCUT2D eigenvalue weighted by atomic mass is 16.5. The molecule has 6 rings (SSSR count). The van der Waals surface area contributed by atoms with E-state index in [0.717, 1.165) is 12.8 Å². The van der Waals surface area contributed by atoms with E-state index in [1.165, 1.54) is 4.52 Å². The van der Waals surface area contributed by atoms with Crippen LogP contribution in [0.3, 0.4) is 0 Å². The summed E-state index contributed by atoms with van der Waals surface area (Å²) in [6.07, 6.45) is 6.61. The van der Waals surface area contributed by atoms with E-state index in [0.29, 0.717) is 33.6 Å². The number of nitrogens with one attached hydrogen (secondary N) is 2. The van der Waals surface area contributed by atoms with E-state index in [-0.39, 0.29) is 23.6 Å². The van der Waals surface area contributed by atoms with E-state index >= 15 is 0 Å². The lowest BCUT2D eigenvalue weighted by Gasteiger charge is -2.08. The summed E-state index contributed by atoms with van der Waals surface area (Å²) in [6.45, 7) is 0. The van der Waals surface area contributed by atoms with Gasteiger partial charge in [-0.1, -0.05) is 17.3 Å². The number of aromatic hydroxyl groups is 1. The third-order valence-corrected chi connectivity index (χ3v) is 5.03. The number of aromatic nitrogens is 7. The van der Waals surface area contributed by atoms with Gasteiger partial charge in [-0.25, -0.2) is 9.79 Å². The van der Waals surface area contributed by atoms with Crippen LogP contribution < -0.4 is 21.3 Å². The molecule has 1 fully saturated rings. The predicted molar refractivity (Wildman–Crippen MR) is 113 cm³/mol. The maximum Gasteiger partial charge on any atom is 0.327 e. The molecule has 0 atom stereocenters. The zero-order chi connectivity index (χ0) is 22.4. The number of ether oxygens (including phenoxy) is 1. The number of rotatable bonds is 5. The Morgan fingerprint density at radius 2 is 2.09 bits per heavy atom. The van der Waals surface area contributed by atoms with E-state index in [2.05, 4.69) is 35.2 Å². The minimum absolute atomic E-state index is 0.0656. The van der Waals surface area contributed by atoms with Gasteiger partial charge in [0.25, 0.3) is 5.62 Å². The molecule has 0 saturated heterocycles. The minimum Gasteiger partial charge on any atom is -0.493 e. The SMILES string of the molecule is O=c1[nH]c(O)c(/C=c2\cnn3c(=NC4CC4)nc(Oc4ccccc4-c4ccno4)nc23)[nH]1. The third-order valence-electron chi connectivity index (χ3n) is 5.03. The van der Waals surface area contributed by atoms with E-state index in [4.69, 9.17) is 9.26 Å². The molecule has 1 aliphatic carbocycles. The lowest BCUT2D eigenvalue weighted by molar-refractivity contribution is 0.419. The monoisotopic (exact) mass is 444 g/mol. The Morgan fingerprint density at radius 1 is 1.21 bits per heavy atom. The number of hydrogen-bond acceptors (Lipinski definition) is 9. The maximum absolute atomic E-state index is 11.5. The molecule has 164 valence electrons. The largest absolute Gasteiger partial charge is 0.493 e. The first-order valence-corrected chi connectivity index (χ1v) is 10.1. The fraction of sp³-hybridized carbons (Fsp3) is 0.143.